The smallest absolute Gasteiger partial charge is 0.490 e. The van der Waals surface area contributed by atoms with Gasteiger partial charge in [-0.3, -0.25) is 34.0 Å². The van der Waals surface area contributed by atoms with Crippen LogP contribution in [-0.4, -0.2) is 249 Å². The maximum Gasteiger partial charge on any atom is 0.490 e. The first-order valence-electron chi connectivity index (χ1n) is 47.6. The molecule has 7 N–H and O–H groups in total. The Morgan fingerprint density at radius 1 is 0.372 bits per heavy atom. The van der Waals surface area contributed by atoms with E-state index in [0.717, 1.165) is 190 Å². The lowest BCUT2D eigenvalue weighted by molar-refractivity contribution is -0.192. The Hall–Kier alpha value is -8.20. The summed E-state index contributed by atoms with van der Waals surface area (Å²) in [6.45, 7) is 30.4. The average Bonchev–Trinajstić information content (AvgIpc) is 0.863. The number of carboxylic acids is 2. The van der Waals surface area contributed by atoms with Gasteiger partial charge in [0, 0.05) is 185 Å². The van der Waals surface area contributed by atoms with Gasteiger partial charge in [0.15, 0.2) is 6.61 Å². The second kappa shape index (κ2) is 73.2. The summed E-state index contributed by atoms with van der Waals surface area (Å²) >= 11 is 61.5. The Morgan fingerprint density at radius 3 is 0.865 bits per heavy atom. The Morgan fingerprint density at radius 2 is 0.628 bits per heavy atom. The molecule has 5 aliphatic rings. The van der Waals surface area contributed by atoms with E-state index in [4.69, 9.17) is 178 Å². The van der Waals surface area contributed by atoms with Gasteiger partial charge in [-0.25, -0.2) is 14.4 Å². The molecule has 0 bridgehead atoms. The molecule has 41 heteroatoms. The molecular formula is C107H132Br3Cl9F3N7O19. The number of amides is 1. The first kappa shape index (κ1) is 130. The van der Waals surface area contributed by atoms with Gasteiger partial charge >= 0.3 is 42.1 Å². The second-order valence-corrected chi connectivity index (χ2v) is 42.2. The fourth-order valence-electron chi connectivity index (χ4n) is 13.3. The molecule has 9 aromatic carbocycles. The van der Waals surface area contributed by atoms with E-state index in [1.165, 1.54) is 0 Å². The first-order valence-corrected chi connectivity index (χ1v) is 54.4. The number of alkyl halides is 6. The summed E-state index contributed by atoms with van der Waals surface area (Å²) in [6, 6.07) is 64.5. The molecular weight excluding hydrogens is 2300 g/mol. The molecule has 0 spiro atoms. The Bertz CT molecular complexity index is 5030. The van der Waals surface area contributed by atoms with Crippen LogP contribution in [0.5, 0.6) is 40.2 Å². The van der Waals surface area contributed by atoms with Crippen molar-refractivity contribution in [3.8, 4) is 40.2 Å². The van der Waals surface area contributed by atoms with Crippen molar-refractivity contribution in [3.63, 3.8) is 0 Å². The molecule has 0 radical (unpaired) electrons. The number of carbonyl (C=O) groups excluding carboxylic acids is 4. The van der Waals surface area contributed by atoms with Crippen molar-refractivity contribution < 1.29 is 105 Å². The van der Waals surface area contributed by atoms with Crippen molar-refractivity contribution in [3.05, 3.63) is 275 Å². The summed E-state index contributed by atoms with van der Waals surface area (Å²) in [7, 11) is 0. The Kier molecular flexibility index (Phi) is 64.4. The minimum absolute atomic E-state index is 0.0954. The van der Waals surface area contributed by atoms with Gasteiger partial charge in [-0.1, -0.05) is 176 Å². The summed E-state index contributed by atoms with van der Waals surface area (Å²) in [5.74, 6) is 3.83. The lowest BCUT2D eigenvalue weighted by Gasteiger charge is -2.39. The maximum atomic E-state index is 11.9. The average molecular weight is 2440 g/mol. The molecule has 0 saturated carbocycles. The van der Waals surface area contributed by atoms with Crippen LogP contribution in [0.15, 0.2) is 218 Å². The highest BCUT2D eigenvalue weighted by atomic mass is 79.9. The van der Waals surface area contributed by atoms with Crippen molar-refractivity contribution in [1.29, 1.82) is 0 Å². The number of rotatable bonds is 39. The summed E-state index contributed by atoms with van der Waals surface area (Å²) in [6.07, 6.45) is -1.32. The van der Waals surface area contributed by atoms with E-state index in [1.54, 1.807) is 72.8 Å². The molecule has 14 rings (SSSR count). The topological polar surface area (TPSA) is 318 Å². The Balaban J connectivity index is 0.000000300. The SMILES string of the molecule is BrCCBr.CC(C)(C)OC(=O)CCC1CN(CCOc2ccc(Cl)cc2)C1.CC(C)(C)OC(=O)NCC1CNC1.Clc1ccc(OCCBr)cc1.NCC1CN(CCOc2ccc(Cl)cc2)C1.O=C(CCC1CN(CCOc2ccc(Cl)cc2)C1)OCc1ccc(Cl)cc1.O=C(CCC1CN(CCOc2ccc(Cl)cc2)C1)OCc1ccc(Cl)cc1.O=C(O)C(F)(F)F.O=C(O)COc1ccc(Cl)cc1.Oc1ccc(Cl)cc1. The lowest BCUT2D eigenvalue weighted by atomic mass is 9.95. The highest BCUT2D eigenvalue weighted by Gasteiger charge is 2.38. The standard InChI is InChI=1S/2C21H23Cl2NO3.C18H26ClNO3.C12H17ClN2O.C9H18N2O2.C8H8BrClO.C8H7ClO3.C6H5ClO.C2H4Br2.C2HF3O2/c2*22-18-4-1-16(2-5-18)15-27-21(25)10-3-17-13-24(14-17)11-12-26-20-8-6-19(23)7-9-20;1-18(2,3)23-17(21)9-4-14-12-20(13-14)10-11-22-16-7-5-15(19)6-8-16;13-11-1-3-12(4-2-11)16-6-5-15-8-10(7-14)9-15;1-9(2,3)13-8(12)11-6-7-4-10-5-7;9-5-6-11-8-3-1-7(10)2-4-8;9-6-1-3-7(4-2-6)12-5-8(10)11;7-5-1-3-6(8)4-2-5;3-1-2-4;3-2(4,5)1(6)7/h2*1-2,4-9,17H,3,10-15H2;5-8,14H,4,9-13H2,1-3H3;1-4,10H,5-9,14H2;7,10H,4-6H2,1-3H3,(H,11,12);1-4H,5-6H2;1-4H,5H2,(H,10,11);1-4,8H;1-2H2;(H,6,7). The van der Waals surface area contributed by atoms with Crippen LogP contribution in [0.1, 0.15) is 91.2 Å². The number of halogens is 15. The van der Waals surface area contributed by atoms with Gasteiger partial charge in [0.1, 0.15) is 91.1 Å². The van der Waals surface area contributed by atoms with E-state index in [-0.39, 0.29) is 42.0 Å². The summed E-state index contributed by atoms with van der Waals surface area (Å²) in [5.41, 5.74) is 6.67. The third-order valence-corrected chi connectivity index (χ3v) is 25.5. The fourth-order valence-corrected chi connectivity index (χ4v) is 14.6. The molecule has 1 amide bonds. The van der Waals surface area contributed by atoms with Crippen molar-refractivity contribution in [1.82, 2.24) is 30.2 Å². The molecule has 148 heavy (non-hydrogen) atoms. The van der Waals surface area contributed by atoms with Gasteiger partial charge in [0.25, 0.3) is 0 Å². The number of aliphatic carboxylic acids is 2. The first-order chi connectivity index (χ1) is 70.4. The number of esters is 3. The summed E-state index contributed by atoms with van der Waals surface area (Å²) in [5, 5.41) is 39.1. The normalized spacial score (nSPS) is 13.9. The van der Waals surface area contributed by atoms with Crippen LogP contribution in [-0.2, 0) is 56.1 Å². The van der Waals surface area contributed by atoms with Crippen LogP contribution in [0.4, 0.5) is 18.0 Å². The number of phenolic OH excluding ortho intramolecular Hbond substituents is 1. The fraction of sp³-hybridized carbons (Fsp3) is 0.439. The van der Waals surface area contributed by atoms with E-state index < -0.39 is 23.7 Å². The number of hydrogen-bond donors (Lipinski definition) is 6. The molecule has 5 heterocycles. The molecule has 814 valence electrons. The zero-order valence-corrected chi connectivity index (χ0v) is 95.0. The number of likely N-dealkylation sites (tertiary alicyclic amines) is 4. The molecule has 5 saturated heterocycles. The zero-order valence-electron chi connectivity index (χ0n) is 83.4. The number of carbonyl (C=O) groups is 6. The van der Waals surface area contributed by atoms with Gasteiger partial charge < -0.3 is 79.1 Å². The largest absolute Gasteiger partial charge is 0.508 e. The van der Waals surface area contributed by atoms with Crippen molar-refractivity contribution >= 4 is 188 Å². The van der Waals surface area contributed by atoms with Gasteiger partial charge in [-0.15, -0.1) is 0 Å². The van der Waals surface area contributed by atoms with Crippen LogP contribution in [0.3, 0.4) is 0 Å². The number of nitrogens with zero attached hydrogens (tertiary/aromatic N) is 4. The third kappa shape index (κ3) is 63.3. The number of hydrogen-bond acceptors (Lipinski definition) is 23. The number of carboxylic acid groups (broad SMARTS) is 2. The summed E-state index contributed by atoms with van der Waals surface area (Å²) in [4.78, 5) is 74.9. The third-order valence-electron chi connectivity index (χ3n) is 21.0. The molecule has 0 unspecified atom stereocenters. The predicted octanol–water partition coefficient (Wildman–Crippen LogP) is 25.1. The lowest BCUT2D eigenvalue weighted by Crippen LogP contribution is -2.50. The molecule has 0 atom stereocenters. The number of aromatic hydroxyl groups is 1. The van der Waals surface area contributed by atoms with Crippen LogP contribution in [0.25, 0.3) is 0 Å². The van der Waals surface area contributed by atoms with E-state index in [9.17, 15) is 37.1 Å². The van der Waals surface area contributed by atoms with Gasteiger partial charge in [0.05, 0.1) is 6.61 Å². The zero-order chi connectivity index (χ0) is 109. The molecule has 0 aromatic heterocycles. The maximum absolute atomic E-state index is 11.9. The number of ether oxygens (including phenoxy) is 10. The van der Waals surface area contributed by atoms with Crippen molar-refractivity contribution in [2.45, 2.75) is 111 Å². The van der Waals surface area contributed by atoms with Crippen molar-refractivity contribution in [2.75, 3.05) is 160 Å². The minimum atomic E-state index is -5.08. The molecule has 26 nitrogen and oxygen atoms in total. The van der Waals surface area contributed by atoms with E-state index in [2.05, 4.69) is 78.0 Å². The highest BCUT2D eigenvalue weighted by Crippen LogP contribution is 2.29. The number of nitrogens with two attached hydrogens (primary N) is 1. The molecule has 5 fully saturated rings. The summed E-state index contributed by atoms with van der Waals surface area (Å²) < 4.78 is 85.6. The van der Waals surface area contributed by atoms with Gasteiger partial charge in [-0.2, -0.15) is 13.2 Å². The van der Waals surface area contributed by atoms with Crippen LogP contribution < -0.4 is 44.8 Å². The van der Waals surface area contributed by atoms with Crippen LogP contribution in [0.2, 0.25) is 45.2 Å². The predicted molar refractivity (Wildman–Crippen MR) is 593 cm³/mol. The molecule has 0 aliphatic carbocycles. The molecule has 5 aliphatic heterocycles. The van der Waals surface area contributed by atoms with E-state index >= 15 is 0 Å². The van der Waals surface area contributed by atoms with Crippen LogP contribution in [0, 0.1) is 29.6 Å². The second-order valence-electron chi connectivity index (χ2n) is 35.9. The van der Waals surface area contributed by atoms with Gasteiger partial charge in [0.2, 0.25) is 0 Å². The number of alkyl carbamates (subject to hydrolysis) is 1. The van der Waals surface area contributed by atoms with E-state index in [0.29, 0.717) is 136 Å². The number of nitrogens with one attached hydrogen (secondary N) is 2. The van der Waals surface area contributed by atoms with Crippen LogP contribution >= 0.6 is 152 Å². The minimum Gasteiger partial charge on any atom is -0.508 e. The molecule has 9 aromatic rings. The number of phenols is 1. The quantitative estimate of drug-likeness (QED) is 0.0118. The monoisotopic (exact) mass is 2430 g/mol. The number of benzene rings is 9. The van der Waals surface area contributed by atoms with Gasteiger partial charge in [-0.05, 0) is 296 Å². The Labute approximate surface area is 936 Å². The van der Waals surface area contributed by atoms with E-state index in [1.807, 2.05) is 187 Å². The van der Waals surface area contributed by atoms with Crippen molar-refractivity contribution in [2.24, 2.45) is 35.3 Å². The highest BCUT2D eigenvalue weighted by molar-refractivity contribution is 9.12.